The molecule has 0 bridgehead atoms. The summed E-state index contributed by atoms with van der Waals surface area (Å²) in [6.45, 7) is 1.18. The van der Waals surface area contributed by atoms with Crippen LogP contribution in [0.25, 0.3) is 0 Å². The number of ether oxygens (including phenoxy) is 1. The topological polar surface area (TPSA) is 113 Å². The third-order valence-electron chi connectivity index (χ3n) is 4.53. The second-order valence-electron chi connectivity index (χ2n) is 6.87. The van der Waals surface area contributed by atoms with Gasteiger partial charge in [0.1, 0.15) is 0 Å². The van der Waals surface area contributed by atoms with E-state index in [1.54, 1.807) is 14.1 Å². The molecular formula is C19H23N3O6S2. The predicted molar refractivity (Wildman–Crippen MR) is 111 cm³/mol. The van der Waals surface area contributed by atoms with Gasteiger partial charge in [-0.2, -0.15) is 4.31 Å². The zero-order valence-electron chi connectivity index (χ0n) is 16.6. The van der Waals surface area contributed by atoms with Gasteiger partial charge in [0.2, 0.25) is 10.0 Å². The highest BCUT2D eigenvalue weighted by Crippen LogP contribution is 2.21. The maximum Gasteiger partial charge on any atom is 0.261 e. The van der Waals surface area contributed by atoms with E-state index in [0.29, 0.717) is 18.8 Å². The molecule has 1 amide bonds. The van der Waals surface area contributed by atoms with Crippen LogP contribution in [0.2, 0.25) is 0 Å². The molecule has 30 heavy (non-hydrogen) atoms. The molecule has 1 aliphatic heterocycles. The first-order chi connectivity index (χ1) is 14.1. The van der Waals surface area contributed by atoms with Gasteiger partial charge in [0, 0.05) is 38.4 Å². The fourth-order valence-corrected chi connectivity index (χ4v) is 5.35. The third-order valence-corrected chi connectivity index (χ3v) is 7.84. The van der Waals surface area contributed by atoms with Gasteiger partial charge in [-0.25, -0.2) is 16.8 Å². The van der Waals surface area contributed by atoms with E-state index in [1.165, 1.54) is 57.7 Å². The van der Waals surface area contributed by atoms with Crippen molar-refractivity contribution in [2.75, 3.05) is 45.1 Å². The van der Waals surface area contributed by atoms with Crippen LogP contribution in [0, 0.1) is 0 Å². The van der Waals surface area contributed by atoms with Crippen LogP contribution in [-0.4, -0.2) is 72.3 Å². The molecule has 1 N–H and O–H groups in total. The summed E-state index contributed by atoms with van der Waals surface area (Å²) in [6.07, 6.45) is 0. The van der Waals surface area contributed by atoms with E-state index in [9.17, 15) is 21.6 Å². The highest BCUT2D eigenvalue weighted by molar-refractivity contribution is 7.92. The number of rotatable bonds is 6. The van der Waals surface area contributed by atoms with E-state index >= 15 is 0 Å². The number of morpholine rings is 1. The fourth-order valence-electron chi connectivity index (χ4n) is 2.88. The number of nitrogens with one attached hydrogen (secondary N) is 1. The number of hydrogen-bond donors (Lipinski definition) is 1. The Bertz CT molecular complexity index is 1110. The van der Waals surface area contributed by atoms with Crippen molar-refractivity contribution in [1.82, 2.24) is 9.21 Å². The molecule has 0 aromatic heterocycles. The van der Waals surface area contributed by atoms with Crippen molar-refractivity contribution in [3.05, 3.63) is 54.1 Å². The lowest BCUT2D eigenvalue weighted by Gasteiger charge is -2.26. The minimum atomic E-state index is -3.92. The number of sulfonamides is 2. The zero-order valence-corrected chi connectivity index (χ0v) is 18.2. The highest BCUT2D eigenvalue weighted by Gasteiger charge is 2.26. The normalized spacial score (nSPS) is 15.5. The summed E-state index contributed by atoms with van der Waals surface area (Å²) < 4.78 is 59.5. The van der Waals surface area contributed by atoms with Crippen LogP contribution in [0.3, 0.4) is 0 Å². The molecule has 0 saturated carbocycles. The van der Waals surface area contributed by atoms with E-state index in [2.05, 4.69) is 4.72 Å². The number of anilines is 1. The Morgan fingerprint density at radius 1 is 0.900 bits per heavy atom. The predicted octanol–water partition coefficient (Wildman–Crippen LogP) is 1.21. The van der Waals surface area contributed by atoms with Gasteiger partial charge >= 0.3 is 0 Å². The number of hydrogen-bond acceptors (Lipinski definition) is 6. The van der Waals surface area contributed by atoms with E-state index < -0.39 is 20.0 Å². The molecule has 1 aliphatic rings. The zero-order chi connectivity index (χ0) is 21.9. The first-order valence-corrected chi connectivity index (χ1v) is 12.1. The van der Waals surface area contributed by atoms with Gasteiger partial charge in [-0.15, -0.1) is 0 Å². The first kappa shape index (κ1) is 22.2. The summed E-state index contributed by atoms with van der Waals surface area (Å²) in [4.78, 5) is 13.3. The minimum absolute atomic E-state index is 0.0231. The summed E-state index contributed by atoms with van der Waals surface area (Å²) in [6, 6.07) is 11.1. The summed E-state index contributed by atoms with van der Waals surface area (Å²) >= 11 is 0. The molecule has 1 fully saturated rings. The number of carbonyl (C=O) groups is 1. The standard InChI is InChI=1S/C19H23N3O6S2/c1-21(2)19(23)15-3-5-16(6-4-15)20-29(24,25)17-7-9-18(10-8-17)30(26,27)22-11-13-28-14-12-22/h3-10,20H,11-14H2,1-2H3. The molecule has 1 saturated heterocycles. The molecule has 0 aliphatic carbocycles. The number of benzene rings is 2. The fraction of sp³-hybridized carbons (Fsp3) is 0.316. The number of amides is 1. The van der Waals surface area contributed by atoms with Crippen LogP contribution >= 0.6 is 0 Å². The lowest BCUT2D eigenvalue weighted by molar-refractivity contribution is 0.0730. The van der Waals surface area contributed by atoms with Crippen LogP contribution in [-0.2, 0) is 24.8 Å². The van der Waals surface area contributed by atoms with Crippen LogP contribution in [0.5, 0.6) is 0 Å². The van der Waals surface area contributed by atoms with E-state index in [-0.39, 0.29) is 34.5 Å². The van der Waals surface area contributed by atoms with E-state index in [4.69, 9.17) is 4.74 Å². The van der Waals surface area contributed by atoms with Gasteiger partial charge in [0.05, 0.1) is 23.0 Å². The van der Waals surface area contributed by atoms with Gasteiger partial charge in [0.25, 0.3) is 15.9 Å². The Hall–Kier alpha value is -2.47. The average Bonchev–Trinajstić information content (AvgIpc) is 2.74. The maximum absolute atomic E-state index is 12.6. The molecule has 0 atom stereocenters. The smallest absolute Gasteiger partial charge is 0.261 e. The Morgan fingerprint density at radius 2 is 1.43 bits per heavy atom. The van der Waals surface area contributed by atoms with E-state index in [1.807, 2.05) is 0 Å². The van der Waals surface area contributed by atoms with Crippen LogP contribution < -0.4 is 4.72 Å². The summed E-state index contributed by atoms with van der Waals surface area (Å²) in [5, 5.41) is 0. The van der Waals surface area contributed by atoms with Gasteiger partial charge in [-0.05, 0) is 48.5 Å². The van der Waals surface area contributed by atoms with Crippen molar-refractivity contribution in [2.24, 2.45) is 0 Å². The molecule has 1 heterocycles. The molecule has 0 unspecified atom stereocenters. The largest absolute Gasteiger partial charge is 0.379 e. The lowest BCUT2D eigenvalue weighted by atomic mass is 10.2. The van der Waals surface area contributed by atoms with Crippen molar-refractivity contribution < 1.29 is 26.4 Å². The van der Waals surface area contributed by atoms with Crippen molar-refractivity contribution in [2.45, 2.75) is 9.79 Å². The quantitative estimate of drug-likeness (QED) is 0.703. The minimum Gasteiger partial charge on any atom is -0.379 e. The molecule has 3 rings (SSSR count). The molecular weight excluding hydrogens is 430 g/mol. The number of carbonyl (C=O) groups excluding carboxylic acids is 1. The second kappa shape index (κ2) is 8.72. The van der Waals surface area contributed by atoms with Crippen molar-refractivity contribution in [3.63, 3.8) is 0 Å². The Labute approximate surface area is 176 Å². The van der Waals surface area contributed by atoms with Gasteiger partial charge < -0.3 is 9.64 Å². The van der Waals surface area contributed by atoms with Crippen LogP contribution in [0.15, 0.2) is 58.3 Å². The second-order valence-corrected chi connectivity index (χ2v) is 10.5. The van der Waals surface area contributed by atoms with Gasteiger partial charge in [-0.3, -0.25) is 9.52 Å². The molecule has 9 nitrogen and oxygen atoms in total. The van der Waals surface area contributed by atoms with Gasteiger partial charge in [0.15, 0.2) is 0 Å². The summed E-state index contributed by atoms with van der Waals surface area (Å²) in [7, 11) is -4.37. The SMILES string of the molecule is CN(C)C(=O)c1ccc(NS(=O)(=O)c2ccc(S(=O)(=O)N3CCOCC3)cc2)cc1. The molecule has 11 heteroatoms. The lowest BCUT2D eigenvalue weighted by Crippen LogP contribution is -2.40. The average molecular weight is 454 g/mol. The van der Waals surface area contributed by atoms with E-state index in [0.717, 1.165) is 0 Å². The monoisotopic (exact) mass is 453 g/mol. The summed E-state index contributed by atoms with van der Waals surface area (Å²) in [5.41, 5.74) is 0.718. The van der Waals surface area contributed by atoms with Crippen molar-refractivity contribution in [1.29, 1.82) is 0 Å². The van der Waals surface area contributed by atoms with Crippen molar-refractivity contribution >= 4 is 31.6 Å². The van der Waals surface area contributed by atoms with Crippen LogP contribution in [0.4, 0.5) is 5.69 Å². The third kappa shape index (κ3) is 4.81. The Morgan fingerprint density at radius 3 is 1.97 bits per heavy atom. The van der Waals surface area contributed by atoms with Gasteiger partial charge in [-0.1, -0.05) is 0 Å². The molecule has 0 spiro atoms. The Balaban J connectivity index is 1.76. The Kier molecular flexibility index (Phi) is 6.46. The molecule has 2 aromatic carbocycles. The molecule has 0 radical (unpaired) electrons. The first-order valence-electron chi connectivity index (χ1n) is 9.14. The van der Waals surface area contributed by atoms with Crippen LogP contribution in [0.1, 0.15) is 10.4 Å². The highest BCUT2D eigenvalue weighted by atomic mass is 32.2. The number of nitrogens with zero attached hydrogens (tertiary/aromatic N) is 2. The molecule has 162 valence electrons. The summed E-state index contributed by atoms with van der Waals surface area (Å²) in [5.74, 6) is -0.193. The molecule has 2 aromatic rings. The maximum atomic E-state index is 12.6. The van der Waals surface area contributed by atoms with Crippen molar-refractivity contribution in [3.8, 4) is 0 Å².